The Kier molecular flexibility index (Phi) is 6.23. The maximum atomic E-state index is 12.7. The molecule has 1 heterocycles. The molecule has 7 heteroatoms. The fourth-order valence-corrected chi connectivity index (χ4v) is 3.33. The largest absolute Gasteiger partial charge is 0.434 e. The number of piperidine rings is 1. The number of nitrogens with zero attached hydrogens (tertiary/aromatic N) is 1. The number of carbonyl (C=O) groups excluding carboxylic acids is 2. The van der Waals surface area contributed by atoms with Crippen molar-refractivity contribution in [3.63, 3.8) is 0 Å². The lowest BCUT2D eigenvalue weighted by molar-refractivity contribution is -0.0503. The molecule has 0 unspecified atom stereocenters. The minimum Gasteiger partial charge on any atom is -0.434 e. The van der Waals surface area contributed by atoms with Crippen molar-refractivity contribution in [2.75, 3.05) is 13.1 Å². The van der Waals surface area contributed by atoms with E-state index in [2.05, 4.69) is 10.1 Å². The first-order chi connectivity index (χ1) is 13.5. The number of benzene rings is 2. The van der Waals surface area contributed by atoms with Crippen LogP contribution in [0.5, 0.6) is 5.75 Å². The summed E-state index contributed by atoms with van der Waals surface area (Å²) < 4.78 is 29.6. The predicted octanol–water partition coefficient (Wildman–Crippen LogP) is 3.63. The molecule has 0 saturated carbocycles. The van der Waals surface area contributed by atoms with Crippen LogP contribution in [0.4, 0.5) is 8.78 Å². The van der Waals surface area contributed by atoms with Gasteiger partial charge < -0.3 is 15.0 Å². The molecular formula is C21H22F2N2O3. The van der Waals surface area contributed by atoms with Gasteiger partial charge in [-0.3, -0.25) is 9.59 Å². The highest BCUT2D eigenvalue weighted by molar-refractivity contribution is 5.97. The van der Waals surface area contributed by atoms with Crippen molar-refractivity contribution in [3.8, 4) is 5.75 Å². The van der Waals surface area contributed by atoms with E-state index in [9.17, 15) is 18.4 Å². The summed E-state index contributed by atoms with van der Waals surface area (Å²) in [6, 6.07) is 13.3. The van der Waals surface area contributed by atoms with Gasteiger partial charge in [0.05, 0.1) is 5.56 Å². The lowest BCUT2D eigenvalue weighted by Crippen LogP contribution is -2.46. The Hall–Kier alpha value is -2.96. The molecule has 0 bridgehead atoms. The van der Waals surface area contributed by atoms with Crippen LogP contribution in [0.25, 0.3) is 0 Å². The molecule has 2 aromatic carbocycles. The van der Waals surface area contributed by atoms with Gasteiger partial charge in [-0.25, -0.2) is 0 Å². The van der Waals surface area contributed by atoms with Gasteiger partial charge in [-0.1, -0.05) is 30.3 Å². The van der Waals surface area contributed by atoms with Crippen LogP contribution in [0.15, 0.2) is 48.5 Å². The van der Waals surface area contributed by atoms with E-state index in [1.165, 1.54) is 12.1 Å². The second-order valence-electron chi connectivity index (χ2n) is 6.73. The molecule has 5 nitrogen and oxygen atoms in total. The van der Waals surface area contributed by atoms with E-state index in [4.69, 9.17) is 0 Å². The first kappa shape index (κ1) is 19.8. The maximum absolute atomic E-state index is 12.7. The lowest BCUT2D eigenvalue weighted by Gasteiger charge is -2.32. The summed E-state index contributed by atoms with van der Waals surface area (Å²) in [7, 11) is 0. The number of alkyl halides is 2. The Morgan fingerprint density at radius 3 is 2.29 bits per heavy atom. The van der Waals surface area contributed by atoms with Crippen LogP contribution in [-0.4, -0.2) is 42.5 Å². The third kappa shape index (κ3) is 4.65. The molecule has 1 aliphatic rings. The average Bonchev–Trinajstić information content (AvgIpc) is 2.68. The number of para-hydroxylation sites is 1. The molecule has 1 N–H and O–H groups in total. The average molecular weight is 388 g/mol. The van der Waals surface area contributed by atoms with Gasteiger partial charge in [-0.15, -0.1) is 0 Å². The van der Waals surface area contributed by atoms with Crippen LogP contribution in [-0.2, 0) is 0 Å². The molecule has 2 amide bonds. The van der Waals surface area contributed by atoms with E-state index in [-0.39, 0.29) is 29.2 Å². The Morgan fingerprint density at radius 1 is 1.04 bits per heavy atom. The van der Waals surface area contributed by atoms with E-state index in [1.807, 2.05) is 25.1 Å². The molecular weight excluding hydrogens is 366 g/mol. The van der Waals surface area contributed by atoms with E-state index in [0.717, 1.165) is 5.56 Å². The first-order valence-electron chi connectivity index (χ1n) is 9.15. The second kappa shape index (κ2) is 8.82. The Morgan fingerprint density at radius 2 is 1.64 bits per heavy atom. The molecule has 3 rings (SSSR count). The number of carbonyl (C=O) groups is 2. The van der Waals surface area contributed by atoms with E-state index >= 15 is 0 Å². The van der Waals surface area contributed by atoms with Crippen molar-refractivity contribution >= 4 is 11.8 Å². The summed E-state index contributed by atoms with van der Waals surface area (Å²) in [5.74, 6) is -0.601. The number of rotatable bonds is 5. The molecule has 1 aliphatic heterocycles. The van der Waals surface area contributed by atoms with Gasteiger partial charge in [0.15, 0.2) is 0 Å². The number of hydrogen-bond acceptors (Lipinski definition) is 3. The molecule has 0 spiro atoms. The number of likely N-dealkylation sites (tertiary alicyclic amines) is 1. The van der Waals surface area contributed by atoms with Crippen LogP contribution < -0.4 is 10.1 Å². The topological polar surface area (TPSA) is 58.6 Å². The van der Waals surface area contributed by atoms with Crippen molar-refractivity contribution in [3.05, 3.63) is 65.2 Å². The summed E-state index contributed by atoms with van der Waals surface area (Å²) in [4.78, 5) is 26.8. The predicted molar refractivity (Wildman–Crippen MR) is 101 cm³/mol. The molecule has 0 aliphatic carbocycles. The highest BCUT2D eigenvalue weighted by Crippen LogP contribution is 2.23. The monoisotopic (exact) mass is 388 g/mol. The molecule has 0 aromatic heterocycles. The quantitative estimate of drug-likeness (QED) is 0.851. The van der Waals surface area contributed by atoms with Crippen LogP contribution in [0.1, 0.15) is 39.1 Å². The zero-order valence-electron chi connectivity index (χ0n) is 15.5. The minimum atomic E-state index is -2.99. The highest BCUT2D eigenvalue weighted by atomic mass is 19.3. The van der Waals surface area contributed by atoms with Crippen LogP contribution in [0, 0.1) is 6.92 Å². The standard InChI is InChI=1S/C21H22F2N2O3/c1-14-6-2-3-7-16(14)19(26)24-15-10-12-25(13-11-15)20(27)17-8-4-5-9-18(17)28-21(22)23/h2-9,15,21H,10-13H2,1H3,(H,24,26). The Labute approximate surface area is 162 Å². The maximum Gasteiger partial charge on any atom is 0.387 e. The fourth-order valence-electron chi connectivity index (χ4n) is 3.33. The van der Waals surface area contributed by atoms with Gasteiger partial charge in [0, 0.05) is 24.7 Å². The van der Waals surface area contributed by atoms with Gasteiger partial charge >= 0.3 is 6.61 Å². The fraction of sp³-hybridized carbons (Fsp3) is 0.333. The molecule has 0 atom stereocenters. The number of ether oxygens (including phenoxy) is 1. The molecule has 28 heavy (non-hydrogen) atoms. The Bertz CT molecular complexity index is 849. The van der Waals surface area contributed by atoms with Crippen molar-refractivity contribution in [1.82, 2.24) is 10.2 Å². The third-order valence-corrected chi connectivity index (χ3v) is 4.84. The smallest absolute Gasteiger partial charge is 0.387 e. The van der Waals surface area contributed by atoms with Crippen LogP contribution in [0.2, 0.25) is 0 Å². The van der Waals surface area contributed by atoms with Crippen LogP contribution >= 0.6 is 0 Å². The minimum absolute atomic E-state index is 0.0382. The summed E-state index contributed by atoms with van der Waals surface area (Å²) in [6.07, 6.45) is 1.20. The second-order valence-corrected chi connectivity index (χ2v) is 6.73. The van der Waals surface area contributed by atoms with E-state index in [0.29, 0.717) is 31.5 Å². The molecule has 0 radical (unpaired) electrons. The van der Waals surface area contributed by atoms with Gasteiger partial charge in [0.25, 0.3) is 11.8 Å². The van der Waals surface area contributed by atoms with Crippen molar-refractivity contribution in [2.45, 2.75) is 32.4 Å². The molecule has 148 valence electrons. The zero-order valence-corrected chi connectivity index (χ0v) is 15.5. The summed E-state index contributed by atoms with van der Waals surface area (Å²) >= 11 is 0. The number of aryl methyl sites for hydroxylation is 1. The van der Waals surface area contributed by atoms with Gasteiger partial charge in [-0.2, -0.15) is 8.78 Å². The lowest BCUT2D eigenvalue weighted by atomic mass is 10.0. The number of amides is 2. The Balaban J connectivity index is 1.59. The normalized spacial score (nSPS) is 14.8. The molecule has 1 fully saturated rings. The summed E-state index contributed by atoms with van der Waals surface area (Å²) in [5, 5.41) is 3.01. The zero-order chi connectivity index (χ0) is 20.1. The summed E-state index contributed by atoms with van der Waals surface area (Å²) in [6.45, 7) is -0.243. The van der Waals surface area contributed by atoms with Gasteiger partial charge in [0.2, 0.25) is 0 Å². The molecule has 2 aromatic rings. The number of halogens is 2. The highest BCUT2D eigenvalue weighted by Gasteiger charge is 2.27. The summed E-state index contributed by atoms with van der Waals surface area (Å²) in [5.41, 5.74) is 1.66. The van der Waals surface area contributed by atoms with Gasteiger partial charge in [-0.05, 0) is 43.5 Å². The number of nitrogens with one attached hydrogen (secondary N) is 1. The van der Waals surface area contributed by atoms with Crippen LogP contribution in [0.3, 0.4) is 0 Å². The van der Waals surface area contributed by atoms with E-state index < -0.39 is 6.61 Å². The third-order valence-electron chi connectivity index (χ3n) is 4.84. The van der Waals surface area contributed by atoms with Gasteiger partial charge in [0.1, 0.15) is 5.75 Å². The SMILES string of the molecule is Cc1ccccc1C(=O)NC1CCN(C(=O)c2ccccc2OC(F)F)CC1. The molecule has 1 saturated heterocycles. The number of hydrogen-bond donors (Lipinski definition) is 1. The first-order valence-corrected chi connectivity index (χ1v) is 9.15. The van der Waals surface area contributed by atoms with Crippen molar-refractivity contribution in [1.29, 1.82) is 0 Å². The van der Waals surface area contributed by atoms with E-state index in [1.54, 1.807) is 23.1 Å². The van der Waals surface area contributed by atoms with Crippen molar-refractivity contribution in [2.24, 2.45) is 0 Å². The van der Waals surface area contributed by atoms with Crippen molar-refractivity contribution < 1.29 is 23.1 Å².